The Morgan fingerprint density at radius 2 is 1.93 bits per heavy atom. The number of rotatable bonds is 5. The highest BCUT2D eigenvalue weighted by Crippen LogP contribution is 2.53. The van der Waals surface area contributed by atoms with E-state index >= 15 is 0 Å². The molecule has 15 heavy (non-hydrogen) atoms. The molecule has 0 amide bonds. The molecule has 0 saturated heterocycles. The molecule has 0 radical (unpaired) electrons. The van der Waals surface area contributed by atoms with E-state index in [1.165, 1.54) is 32.1 Å². The highest BCUT2D eigenvalue weighted by atomic mass is 28.3. The summed E-state index contributed by atoms with van der Waals surface area (Å²) in [5.74, 6) is 0.586. The first-order valence-electron chi connectivity index (χ1n) is 6.53. The number of hydrogen-bond donors (Lipinski definition) is 2. The molecule has 0 aliphatic heterocycles. The van der Waals surface area contributed by atoms with Crippen molar-refractivity contribution in [3.05, 3.63) is 0 Å². The third-order valence-corrected chi connectivity index (χ3v) is 6.20. The van der Waals surface area contributed by atoms with Gasteiger partial charge in [-0.1, -0.05) is 52.4 Å². The Kier molecular flexibility index (Phi) is 5.30. The highest BCUT2D eigenvalue weighted by molar-refractivity contribution is 6.45. The topological polar surface area (TPSA) is 40.5 Å². The zero-order valence-corrected chi connectivity index (χ0v) is 11.4. The lowest BCUT2D eigenvalue weighted by Crippen LogP contribution is -2.41. The molecule has 1 aliphatic carbocycles. The molecule has 90 valence electrons. The Morgan fingerprint density at radius 1 is 1.20 bits per heavy atom. The summed E-state index contributed by atoms with van der Waals surface area (Å²) in [7, 11) is -2.49. The quantitative estimate of drug-likeness (QED) is 0.713. The van der Waals surface area contributed by atoms with Gasteiger partial charge in [0, 0.05) is 5.04 Å². The van der Waals surface area contributed by atoms with Gasteiger partial charge in [-0.25, -0.2) is 0 Å². The van der Waals surface area contributed by atoms with E-state index in [2.05, 4.69) is 13.8 Å². The van der Waals surface area contributed by atoms with Crippen molar-refractivity contribution in [2.24, 2.45) is 5.92 Å². The lowest BCUT2D eigenvalue weighted by molar-refractivity contribution is 0.174. The number of hydrogen-bond acceptors (Lipinski definition) is 2. The normalized spacial score (nSPS) is 32.2. The summed E-state index contributed by atoms with van der Waals surface area (Å²) in [6.45, 7) is 4.37. The van der Waals surface area contributed by atoms with Crippen LogP contribution in [0.4, 0.5) is 0 Å². The molecule has 0 aromatic rings. The zero-order valence-electron chi connectivity index (χ0n) is 10.2. The Labute approximate surface area is 95.6 Å². The van der Waals surface area contributed by atoms with E-state index < -0.39 is 9.28 Å². The summed E-state index contributed by atoms with van der Waals surface area (Å²) < 4.78 is 0. The first-order chi connectivity index (χ1) is 7.17. The lowest BCUT2D eigenvalue weighted by atomic mass is 9.74. The fourth-order valence-electron chi connectivity index (χ4n) is 3.38. The fourth-order valence-corrected chi connectivity index (χ4v) is 5.14. The van der Waals surface area contributed by atoms with E-state index in [1.54, 1.807) is 0 Å². The van der Waals surface area contributed by atoms with Crippen LogP contribution in [0.5, 0.6) is 0 Å². The van der Waals surface area contributed by atoms with Gasteiger partial charge in [0.2, 0.25) is 0 Å². The van der Waals surface area contributed by atoms with Crippen molar-refractivity contribution in [2.45, 2.75) is 70.3 Å². The van der Waals surface area contributed by atoms with Crippen molar-refractivity contribution in [2.75, 3.05) is 0 Å². The summed E-state index contributed by atoms with van der Waals surface area (Å²) in [6.07, 6.45) is 9.25. The Balaban J connectivity index is 2.78. The van der Waals surface area contributed by atoms with Gasteiger partial charge in [0.25, 0.3) is 0 Å². The third kappa shape index (κ3) is 2.83. The largest absolute Gasteiger partial charge is 0.413 e. The van der Waals surface area contributed by atoms with Crippen molar-refractivity contribution in [1.82, 2.24) is 0 Å². The SMILES string of the molecule is CCCC1CCCCC1(CCC)[SiH](O)O. The smallest absolute Gasteiger partial charge is 0.322 e. The Morgan fingerprint density at radius 3 is 2.47 bits per heavy atom. The van der Waals surface area contributed by atoms with E-state index in [-0.39, 0.29) is 5.04 Å². The van der Waals surface area contributed by atoms with Crippen LogP contribution < -0.4 is 0 Å². The van der Waals surface area contributed by atoms with Crippen LogP contribution in [-0.4, -0.2) is 18.9 Å². The molecule has 0 bridgehead atoms. The maximum absolute atomic E-state index is 9.85. The first kappa shape index (κ1) is 13.2. The molecule has 0 heterocycles. The summed E-state index contributed by atoms with van der Waals surface area (Å²) in [6, 6.07) is 0. The average molecular weight is 230 g/mol. The molecule has 2 N–H and O–H groups in total. The summed E-state index contributed by atoms with van der Waals surface area (Å²) in [5, 5.41) is -0.0526. The van der Waals surface area contributed by atoms with Crippen LogP contribution in [0.2, 0.25) is 5.04 Å². The maximum atomic E-state index is 9.85. The van der Waals surface area contributed by atoms with Gasteiger partial charge >= 0.3 is 9.28 Å². The van der Waals surface area contributed by atoms with Gasteiger partial charge < -0.3 is 9.59 Å². The minimum absolute atomic E-state index is 0.0526. The van der Waals surface area contributed by atoms with Gasteiger partial charge in [-0.3, -0.25) is 0 Å². The second-order valence-electron chi connectivity index (χ2n) is 5.09. The van der Waals surface area contributed by atoms with Crippen LogP contribution in [-0.2, 0) is 0 Å². The molecule has 2 atom stereocenters. The molecule has 1 aliphatic rings. The summed E-state index contributed by atoms with van der Waals surface area (Å²) in [4.78, 5) is 19.7. The molecule has 2 unspecified atom stereocenters. The maximum Gasteiger partial charge on any atom is 0.322 e. The molecule has 0 aromatic carbocycles. The van der Waals surface area contributed by atoms with Gasteiger partial charge in [0.1, 0.15) is 0 Å². The van der Waals surface area contributed by atoms with Crippen LogP contribution in [0, 0.1) is 5.92 Å². The highest BCUT2D eigenvalue weighted by Gasteiger charge is 2.45. The lowest BCUT2D eigenvalue weighted by Gasteiger charge is -2.44. The molecule has 3 heteroatoms. The summed E-state index contributed by atoms with van der Waals surface area (Å²) >= 11 is 0. The van der Waals surface area contributed by atoms with Crippen molar-refractivity contribution in [3.63, 3.8) is 0 Å². The average Bonchev–Trinajstić information content (AvgIpc) is 2.21. The molecule has 1 fully saturated rings. The second-order valence-corrected chi connectivity index (χ2v) is 6.99. The monoisotopic (exact) mass is 230 g/mol. The van der Waals surface area contributed by atoms with Crippen molar-refractivity contribution >= 4 is 9.28 Å². The predicted molar refractivity (Wildman–Crippen MR) is 66.1 cm³/mol. The van der Waals surface area contributed by atoms with Crippen molar-refractivity contribution < 1.29 is 9.59 Å². The van der Waals surface area contributed by atoms with E-state index in [9.17, 15) is 9.59 Å². The van der Waals surface area contributed by atoms with Crippen LogP contribution in [0.1, 0.15) is 65.2 Å². The minimum Gasteiger partial charge on any atom is -0.413 e. The summed E-state index contributed by atoms with van der Waals surface area (Å²) in [5.41, 5.74) is 0. The van der Waals surface area contributed by atoms with E-state index in [0.717, 1.165) is 19.3 Å². The minimum atomic E-state index is -2.49. The van der Waals surface area contributed by atoms with Gasteiger partial charge in [-0.15, -0.1) is 0 Å². The van der Waals surface area contributed by atoms with Gasteiger partial charge in [0.15, 0.2) is 0 Å². The first-order valence-corrected chi connectivity index (χ1v) is 8.14. The molecular formula is C12H26O2Si. The van der Waals surface area contributed by atoms with Crippen LogP contribution in [0.15, 0.2) is 0 Å². The van der Waals surface area contributed by atoms with Gasteiger partial charge in [-0.05, 0) is 18.8 Å². The second kappa shape index (κ2) is 6.02. The van der Waals surface area contributed by atoms with E-state index in [1.807, 2.05) is 0 Å². The van der Waals surface area contributed by atoms with Crippen LogP contribution >= 0.6 is 0 Å². The molecule has 0 spiro atoms. The molecule has 2 nitrogen and oxygen atoms in total. The molecule has 0 aromatic heterocycles. The van der Waals surface area contributed by atoms with Gasteiger partial charge in [0.05, 0.1) is 0 Å². The molecular weight excluding hydrogens is 204 g/mol. The van der Waals surface area contributed by atoms with Crippen LogP contribution in [0.25, 0.3) is 0 Å². The standard InChI is InChI=1S/C12H26O2Si/c1-3-7-11-8-5-6-10-12(11,9-4-2)15(13)14/h11,13-15H,3-10H2,1-2H3. The van der Waals surface area contributed by atoms with Crippen LogP contribution in [0.3, 0.4) is 0 Å². The predicted octanol–water partition coefficient (Wildman–Crippen LogP) is 2.72. The van der Waals surface area contributed by atoms with E-state index in [4.69, 9.17) is 0 Å². The molecule has 1 saturated carbocycles. The van der Waals surface area contributed by atoms with E-state index in [0.29, 0.717) is 5.92 Å². The molecule has 1 rings (SSSR count). The van der Waals surface area contributed by atoms with Crippen molar-refractivity contribution in [3.8, 4) is 0 Å². The van der Waals surface area contributed by atoms with Crippen molar-refractivity contribution in [1.29, 1.82) is 0 Å². The Hall–Kier alpha value is 0.137. The fraction of sp³-hybridized carbons (Fsp3) is 1.00. The third-order valence-electron chi connectivity index (χ3n) is 4.12. The Bertz CT molecular complexity index is 178. The van der Waals surface area contributed by atoms with Gasteiger partial charge in [-0.2, -0.15) is 0 Å². The zero-order chi connectivity index (χ0) is 11.3.